The van der Waals surface area contributed by atoms with Crippen LogP contribution in [0.15, 0.2) is 24.3 Å². The molecule has 0 radical (unpaired) electrons. The van der Waals surface area contributed by atoms with Crippen molar-refractivity contribution in [2.45, 2.75) is 45.6 Å². The van der Waals surface area contributed by atoms with E-state index in [1.807, 2.05) is 25.1 Å². The summed E-state index contributed by atoms with van der Waals surface area (Å²) < 4.78 is 1.20. The van der Waals surface area contributed by atoms with Gasteiger partial charge in [0.05, 0.1) is 21.3 Å². The van der Waals surface area contributed by atoms with Gasteiger partial charge in [0, 0.05) is 13.0 Å². The van der Waals surface area contributed by atoms with Crippen molar-refractivity contribution in [1.82, 2.24) is 10.3 Å². The molecule has 120 valence electrons. The molecule has 5 heteroatoms. The molecule has 0 aliphatic carbocycles. The molecule has 2 rings (SSSR count). The van der Waals surface area contributed by atoms with Crippen LogP contribution < -0.4 is 5.32 Å². The first kappa shape index (κ1) is 16.9. The Morgan fingerprint density at radius 1 is 1.36 bits per heavy atom. The number of carbonyl (C=O) groups is 1. The summed E-state index contributed by atoms with van der Waals surface area (Å²) >= 11 is 1.70. The monoisotopic (exact) mass is 320 g/mol. The predicted molar refractivity (Wildman–Crippen MR) is 91.0 cm³/mol. The number of fused-ring (bicyclic) bond motifs is 1. The maximum absolute atomic E-state index is 11.8. The van der Waals surface area contributed by atoms with E-state index in [4.69, 9.17) is 0 Å². The van der Waals surface area contributed by atoms with E-state index >= 15 is 0 Å². The third-order valence-corrected chi connectivity index (χ3v) is 4.62. The molecule has 1 heterocycles. The number of para-hydroxylation sites is 1. The molecule has 0 aliphatic heterocycles. The van der Waals surface area contributed by atoms with Gasteiger partial charge in [-0.15, -0.1) is 11.3 Å². The fraction of sp³-hybridized carbons (Fsp3) is 0.529. The largest absolute Gasteiger partial charge is 0.393 e. The van der Waals surface area contributed by atoms with Crippen molar-refractivity contribution in [3.63, 3.8) is 0 Å². The van der Waals surface area contributed by atoms with Gasteiger partial charge in [-0.05, 0) is 44.2 Å². The lowest BCUT2D eigenvalue weighted by molar-refractivity contribution is -0.121. The van der Waals surface area contributed by atoms with Gasteiger partial charge in [0.2, 0.25) is 5.91 Å². The van der Waals surface area contributed by atoms with Crippen LogP contribution >= 0.6 is 11.3 Å². The maximum atomic E-state index is 11.8. The van der Waals surface area contributed by atoms with Gasteiger partial charge in [0.15, 0.2) is 0 Å². The first-order valence-corrected chi connectivity index (χ1v) is 8.65. The zero-order chi connectivity index (χ0) is 15.9. The highest BCUT2D eigenvalue weighted by Gasteiger charge is 2.09. The summed E-state index contributed by atoms with van der Waals surface area (Å²) in [5.41, 5.74) is 1.04. The maximum Gasteiger partial charge on any atom is 0.220 e. The van der Waals surface area contributed by atoms with Crippen LogP contribution in [0.2, 0.25) is 0 Å². The van der Waals surface area contributed by atoms with Crippen molar-refractivity contribution in [3.8, 4) is 0 Å². The van der Waals surface area contributed by atoms with Gasteiger partial charge in [-0.1, -0.05) is 19.1 Å². The van der Waals surface area contributed by atoms with Crippen molar-refractivity contribution in [1.29, 1.82) is 0 Å². The summed E-state index contributed by atoms with van der Waals surface area (Å²) in [6, 6.07) is 8.11. The van der Waals surface area contributed by atoms with Crippen LogP contribution in [0.25, 0.3) is 10.2 Å². The number of aliphatic hydroxyl groups excluding tert-OH is 1. The molecule has 2 unspecified atom stereocenters. The number of nitrogens with zero attached hydrogens (tertiary/aromatic N) is 1. The van der Waals surface area contributed by atoms with E-state index in [9.17, 15) is 9.90 Å². The van der Waals surface area contributed by atoms with Crippen molar-refractivity contribution in [2.24, 2.45) is 5.92 Å². The summed E-state index contributed by atoms with van der Waals surface area (Å²) in [5, 5.41) is 13.3. The molecular weight excluding hydrogens is 296 g/mol. The molecule has 1 amide bonds. The van der Waals surface area contributed by atoms with Gasteiger partial charge in [-0.2, -0.15) is 0 Å². The van der Waals surface area contributed by atoms with E-state index in [-0.39, 0.29) is 12.0 Å². The van der Waals surface area contributed by atoms with Gasteiger partial charge >= 0.3 is 0 Å². The van der Waals surface area contributed by atoms with Crippen molar-refractivity contribution >= 4 is 27.5 Å². The molecule has 0 bridgehead atoms. The summed E-state index contributed by atoms with van der Waals surface area (Å²) in [7, 11) is 0. The molecule has 0 fully saturated rings. The normalized spacial score (nSPS) is 14.0. The third-order valence-electron chi connectivity index (χ3n) is 3.52. The number of benzene rings is 1. The average molecular weight is 320 g/mol. The smallest absolute Gasteiger partial charge is 0.220 e. The lowest BCUT2D eigenvalue weighted by Crippen LogP contribution is -2.29. The summed E-state index contributed by atoms with van der Waals surface area (Å²) in [6.07, 6.45) is 2.58. The molecular formula is C17H24N2O2S. The van der Waals surface area contributed by atoms with Crippen LogP contribution in [-0.4, -0.2) is 28.6 Å². The minimum atomic E-state index is -0.314. The molecule has 0 saturated carbocycles. The molecule has 22 heavy (non-hydrogen) atoms. The number of nitrogens with one attached hydrogen (secondary N) is 1. The van der Waals surface area contributed by atoms with Gasteiger partial charge in [-0.3, -0.25) is 4.79 Å². The molecule has 0 saturated heterocycles. The van der Waals surface area contributed by atoms with Crippen LogP contribution in [0, 0.1) is 5.92 Å². The summed E-state index contributed by atoms with van der Waals surface area (Å²) in [4.78, 5) is 16.4. The lowest BCUT2D eigenvalue weighted by atomic mass is 10.0. The molecule has 0 aliphatic rings. The molecule has 2 N–H and O–H groups in total. The van der Waals surface area contributed by atoms with Crippen LogP contribution in [0.5, 0.6) is 0 Å². The fourth-order valence-corrected chi connectivity index (χ4v) is 3.48. The Hall–Kier alpha value is -1.46. The van der Waals surface area contributed by atoms with E-state index < -0.39 is 0 Å². The summed E-state index contributed by atoms with van der Waals surface area (Å²) in [5.74, 6) is 0.381. The second-order valence-electron chi connectivity index (χ2n) is 5.92. The first-order chi connectivity index (χ1) is 10.5. The van der Waals surface area contributed by atoms with Crippen molar-refractivity contribution in [2.75, 3.05) is 6.54 Å². The number of rotatable bonds is 8. The second kappa shape index (κ2) is 8.25. The number of aryl methyl sites for hydroxylation is 1. The minimum absolute atomic E-state index is 0.0820. The lowest BCUT2D eigenvalue weighted by Gasteiger charge is -2.14. The fourth-order valence-electron chi connectivity index (χ4n) is 2.47. The molecule has 2 atom stereocenters. The van der Waals surface area contributed by atoms with Gasteiger partial charge in [-0.25, -0.2) is 4.98 Å². The Morgan fingerprint density at radius 2 is 2.14 bits per heavy atom. The van der Waals surface area contributed by atoms with E-state index in [0.717, 1.165) is 23.4 Å². The van der Waals surface area contributed by atoms with Gasteiger partial charge in [0.25, 0.3) is 0 Å². The Balaban J connectivity index is 1.68. The highest BCUT2D eigenvalue weighted by Crippen LogP contribution is 2.22. The number of thiazole rings is 1. The number of aliphatic hydroxyl groups is 1. The number of aromatic nitrogens is 1. The number of hydrogen-bond donors (Lipinski definition) is 2. The first-order valence-electron chi connectivity index (χ1n) is 7.84. The number of amides is 1. The minimum Gasteiger partial charge on any atom is -0.393 e. The van der Waals surface area contributed by atoms with E-state index in [2.05, 4.69) is 16.4 Å². The van der Waals surface area contributed by atoms with Crippen molar-refractivity contribution in [3.05, 3.63) is 29.3 Å². The van der Waals surface area contributed by atoms with Crippen molar-refractivity contribution < 1.29 is 9.90 Å². The zero-order valence-corrected chi connectivity index (χ0v) is 14.0. The topological polar surface area (TPSA) is 62.2 Å². The number of carbonyl (C=O) groups excluding carboxylic acids is 1. The predicted octanol–water partition coefficient (Wildman–Crippen LogP) is 3.14. The van der Waals surface area contributed by atoms with Crippen LogP contribution in [0.4, 0.5) is 0 Å². The third kappa shape index (κ3) is 5.39. The van der Waals surface area contributed by atoms with Crippen LogP contribution in [0.1, 0.15) is 38.1 Å². The Kier molecular flexibility index (Phi) is 6.34. The Labute approximate surface area is 135 Å². The van der Waals surface area contributed by atoms with Crippen LogP contribution in [-0.2, 0) is 11.2 Å². The van der Waals surface area contributed by atoms with E-state index in [0.29, 0.717) is 25.3 Å². The van der Waals surface area contributed by atoms with Crippen LogP contribution in [0.3, 0.4) is 0 Å². The molecule has 1 aromatic heterocycles. The SMILES string of the molecule is CC(O)CC(C)CNC(=O)CCCc1nc2ccccc2s1. The van der Waals surface area contributed by atoms with E-state index in [1.165, 1.54) is 4.70 Å². The van der Waals surface area contributed by atoms with E-state index in [1.54, 1.807) is 18.3 Å². The molecule has 0 spiro atoms. The summed E-state index contributed by atoms with van der Waals surface area (Å²) in [6.45, 7) is 4.44. The highest BCUT2D eigenvalue weighted by atomic mass is 32.1. The van der Waals surface area contributed by atoms with Gasteiger partial charge in [0.1, 0.15) is 0 Å². The second-order valence-corrected chi connectivity index (χ2v) is 7.04. The Bertz CT molecular complexity index is 576. The molecule has 2 aromatic rings. The molecule has 4 nitrogen and oxygen atoms in total. The quantitative estimate of drug-likeness (QED) is 0.785. The standard InChI is InChI=1S/C17H24N2O2S/c1-12(10-13(2)20)11-18-16(21)8-5-9-17-19-14-6-3-4-7-15(14)22-17/h3-4,6-7,12-13,20H,5,8-11H2,1-2H3,(H,18,21). The van der Waals surface area contributed by atoms with Gasteiger partial charge < -0.3 is 10.4 Å². The zero-order valence-electron chi connectivity index (χ0n) is 13.2. The number of hydrogen-bond acceptors (Lipinski definition) is 4. The average Bonchev–Trinajstić information content (AvgIpc) is 2.87. The molecule has 1 aromatic carbocycles. The highest BCUT2D eigenvalue weighted by molar-refractivity contribution is 7.18. The Morgan fingerprint density at radius 3 is 2.86 bits per heavy atom.